The van der Waals surface area contributed by atoms with Crippen LogP contribution in [0.15, 0.2) is 18.2 Å². The lowest BCUT2D eigenvalue weighted by atomic mass is 10.1. The largest absolute Gasteiger partial charge is 0.397 e. The molecule has 92 valence electrons. The molecule has 2 aromatic rings. The zero-order valence-electron chi connectivity index (χ0n) is 9.63. The predicted molar refractivity (Wildman–Crippen MR) is 73.2 cm³/mol. The van der Waals surface area contributed by atoms with Crippen LogP contribution in [0.3, 0.4) is 0 Å². The van der Waals surface area contributed by atoms with Gasteiger partial charge >= 0.3 is 0 Å². The summed E-state index contributed by atoms with van der Waals surface area (Å²) in [6.45, 7) is 1.92. The molecule has 5 heteroatoms. The van der Waals surface area contributed by atoms with Gasteiger partial charge in [0.1, 0.15) is 16.8 Å². The minimum atomic E-state index is -0.473. The molecule has 2 nitrogen and oxygen atoms in total. The molecule has 0 amide bonds. The normalized spacial score (nSPS) is 10.3. The van der Waals surface area contributed by atoms with Gasteiger partial charge in [-0.3, -0.25) is 0 Å². The van der Waals surface area contributed by atoms with Crippen LogP contribution < -0.4 is 5.73 Å². The number of nitriles is 1. The van der Waals surface area contributed by atoms with Gasteiger partial charge in [-0.25, -0.2) is 4.39 Å². The number of nitrogen functional groups attached to an aromatic ring is 1. The molecule has 0 spiro atoms. The summed E-state index contributed by atoms with van der Waals surface area (Å²) in [5.41, 5.74) is 7.53. The maximum absolute atomic E-state index is 14.0. The van der Waals surface area contributed by atoms with E-state index in [2.05, 4.69) is 0 Å². The molecule has 2 N–H and O–H groups in total. The van der Waals surface area contributed by atoms with E-state index in [0.29, 0.717) is 27.4 Å². The van der Waals surface area contributed by atoms with Crippen molar-refractivity contribution in [2.45, 2.75) is 13.3 Å². The van der Waals surface area contributed by atoms with Gasteiger partial charge < -0.3 is 5.73 Å². The Kier molecular flexibility index (Phi) is 3.55. The van der Waals surface area contributed by atoms with Gasteiger partial charge in [0.15, 0.2) is 0 Å². The Labute approximate surface area is 113 Å². The van der Waals surface area contributed by atoms with E-state index in [0.717, 1.165) is 5.56 Å². The standard InChI is InChI=1S/C13H10ClFN2S/c1-2-7-12(17)10(6-16)18-13(7)8-4-3-5-9(14)11(8)15/h3-5H,2,17H2,1H3. The van der Waals surface area contributed by atoms with Gasteiger partial charge in [-0.2, -0.15) is 5.26 Å². The van der Waals surface area contributed by atoms with Crippen molar-refractivity contribution in [1.29, 1.82) is 5.26 Å². The second-order valence-electron chi connectivity index (χ2n) is 3.72. The SMILES string of the molecule is CCc1c(-c2cccc(Cl)c2F)sc(C#N)c1N. The summed E-state index contributed by atoms with van der Waals surface area (Å²) in [5.74, 6) is -0.473. The summed E-state index contributed by atoms with van der Waals surface area (Å²) in [5, 5.41) is 9.05. The Balaban J connectivity index is 2.72. The highest BCUT2D eigenvalue weighted by Crippen LogP contribution is 2.40. The average Bonchev–Trinajstić information content (AvgIpc) is 2.69. The number of nitrogens with zero attached hydrogens (tertiary/aromatic N) is 1. The van der Waals surface area contributed by atoms with Crippen LogP contribution in [0, 0.1) is 17.1 Å². The quantitative estimate of drug-likeness (QED) is 0.895. The maximum atomic E-state index is 14.0. The topological polar surface area (TPSA) is 49.8 Å². The van der Waals surface area contributed by atoms with E-state index in [1.165, 1.54) is 17.4 Å². The summed E-state index contributed by atoms with van der Waals surface area (Å²) in [4.78, 5) is 1.10. The summed E-state index contributed by atoms with van der Waals surface area (Å²) in [7, 11) is 0. The van der Waals surface area contributed by atoms with E-state index in [1.54, 1.807) is 12.1 Å². The van der Waals surface area contributed by atoms with Crippen molar-refractivity contribution in [2.24, 2.45) is 0 Å². The Hall–Kier alpha value is -1.57. The van der Waals surface area contributed by atoms with Crippen molar-refractivity contribution in [2.75, 3.05) is 5.73 Å². The number of hydrogen-bond donors (Lipinski definition) is 1. The molecule has 1 aromatic carbocycles. The van der Waals surface area contributed by atoms with Gasteiger partial charge in [-0.1, -0.05) is 30.7 Å². The lowest BCUT2D eigenvalue weighted by molar-refractivity contribution is 0.632. The van der Waals surface area contributed by atoms with E-state index in [9.17, 15) is 4.39 Å². The molecule has 0 bridgehead atoms. The third kappa shape index (κ3) is 1.96. The van der Waals surface area contributed by atoms with Crippen molar-refractivity contribution < 1.29 is 4.39 Å². The van der Waals surface area contributed by atoms with Crippen molar-refractivity contribution in [3.05, 3.63) is 39.5 Å². The van der Waals surface area contributed by atoms with E-state index >= 15 is 0 Å². The second-order valence-corrected chi connectivity index (χ2v) is 5.15. The second kappa shape index (κ2) is 4.97. The van der Waals surface area contributed by atoms with Crippen LogP contribution in [0.5, 0.6) is 0 Å². The fourth-order valence-corrected chi connectivity index (χ4v) is 3.11. The molecule has 0 aliphatic carbocycles. The highest BCUT2D eigenvalue weighted by molar-refractivity contribution is 7.16. The first kappa shape index (κ1) is 12.9. The van der Waals surface area contributed by atoms with Crippen molar-refractivity contribution in [3.8, 4) is 16.5 Å². The van der Waals surface area contributed by atoms with E-state index in [1.807, 2.05) is 13.0 Å². The minimum absolute atomic E-state index is 0.0695. The molecular formula is C13H10ClFN2S. The average molecular weight is 281 g/mol. The number of thiophene rings is 1. The van der Waals surface area contributed by atoms with Crippen LogP contribution >= 0.6 is 22.9 Å². The molecule has 0 aliphatic heterocycles. The molecule has 0 fully saturated rings. The number of benzene rings is 1. The first-order valence-corrected chi connectivity index (χ1v) is 6.55. The molecule has 0 saturated heterocycles. The van der Waals surface area contributed by atoms with Crippen molar-refractivity contribution in [3.63, 3.8) is 0 Å². The highest BCUT2D eigenvalue weighted by atomic mass is 35.5. The predicted octanol–water partition coefficient (Wildman–Crippen LogP) is 4.22. The molecule has 1 heterocycles. The zero-order valence-corrected chi connectivity index (χ0v) is 11.2. The molecule has 2 rings (SSSR count). The van der Waals surface area contributed by atoms with E-state index < -0.39 is 5.82 Å². The fraction of sp³-hybridized carbons (Fsp3) is 0.154. The third-order valence-corrected chi connectivity index (χ3v) is 4.18. The van der Waals surface area contributed by atoms with Gasteiger partial charge in [-0.15, -0.1) is 11.3 Å². The molecule has 18 heavy (non-hydrogen) atoms. The monoisotopic (exact) mass is 280 g/mol. The molecule has 0 atom stereocenters. The fourth-order valence-electron chi connectivity index (χ4n) is 1.81. The minimum Gasteiger partial charge on any atom is -0.397 e. The van der Waals surface area contributed by atoms with Crippen LogP contribution in [-0.4, -0.2) is 0 Å². The van der Waals surface area contributed by atoms with Crippen molar-refractivity contribution >= 4 is 28.6 Å². The smallest absolute Gasteiger partial charge is 0.150 e. The van der Waals surface area contributed by atoms with Gasteiger partial charge in [0, 0.05) is 10.4 Å². The van der Waals surface area contributed by atoms with E-state index in [4.69, 9.17) is 22.6 Å². The Morgan fingerprint density at radius 3 is 2.83 bits per heavy atom. The lowest BCUT2D eigenvalue weighted by Crippen LogP contribution is -1.92. The first-order chi connectivity index (χ1) is 8.60. The zero-order chi connectivity index (χ0) is 13.3. The van der Waals surface area contributed by atoms with Crippen LogP contribution in [0.4, 0.5) is 10.1 Å². The van der Waals surface area contributed by atoms with Crippen LogP contribution in [-0.2, 0) is 6.42 Å². The van der Waals surface area contributed by atoms with Crippen LogP contribution in [0.1, 0.15) is 17.4 Å². The molecular weight excluding hydrogens is 271 g/mol. The summed E-state index contributed by atoms with van der Waals surface area (Å²) in [6.07, 6.45) is 0.644. The van der Waals surface area contributed by atoms with Gasteiger partial charge in [0.2, 0.25) is 0 Å². The van der Waals surface area contributed by atoms with Gasteiger partial charge in [0.25, 0.3) is 0 Å². The number of halogens is 2. The molecule has 0 aliphatic rings. The summed E-state index contributed by atoms with van der Waals surface area (Å²) in [6, 6.07) is 6.85. The maximum Gasteiger partial charge on any atom is 0.150 e. The number of anilines is 1. The van der Waals surface area contributed by atoms with Crippen LogP contribution in [0.25, 0.3) is 10.4 Å². The number of nitrogens with two attached hydrogens (primary N) is 1. The van der Waals surface area contributed by atoms with Gasteiger partial charge in [-0.05, 0) is 18.1 Å². The Morgan fingerprint density at radius 2 is 2.22 bits per heavy atom. The molecule has 0 saturated carbocycles. The Morgan fingerprint density at radius 1 is 1.50 bits per heavy atom. The first-order valence-electron chi connectivity index (χ1n) is 5.35. The Bertz CT molecular complexity index is 643. The lowest BCUT2D eigenvalue weighted by Gasteiger charge is -2.05. The van der Waals surface area contributed by atoms with Crippen molar-refractivity contribution in [1.82, 2.24) is 0 Å². The van der Waals surface area contributed by atoms with E-state index in [-0.39, 0.29) is 5.02 Å². The van der Waals surface area contributed by atoms with Gasteiger partial charge in [0.05, 0.1) is 10.7 Å². The number of rotatable bonds is 2. The summed E-state index contributed by atoms with van der Waals surface area (Å²) < 4.78 is 14.0. The highest BCUT2D eigenvalue weighted by Gasteiger charge is 2.19. The molecule has 1 aromatic heterocycles. The third-order valence-electron chi connectivity index (χ3n) is 2.70. The summed E-state index contributed by atoms with van der Waals surface area (Å²) >= 11 is 6.98. The van der Waals surface area contributed by atoms with Crippen LogP contribution in [0.2, 0.25) is 5.02 Å². The number of hydrogen-bond acceptors (Lipinski definition) is 3. The molecule has 0 unspecified atom stereocenters. The molecule has 0 radical (unpaired) electrons.